The van der Waals surface area contributed by atoms with E-state index >= 15 is 0 Å². The Morgan fingerprint density at radius 3 is 2.79 bits per heavy atom. The van der Waals surface area contributed by atoms with Gasteiger partial charge in [0.1, 0.15) is 12.1 Å². The Bertz CT molecular complexity index is 759. The van der Waals surface area contributed by atoms with Crippen molar-refractivity contribution in [1.29, 1.82) is 0 Å². The van der Waals surface area contributed by atoms with Gasteiger partial charge < -0.3 is 15.3 Å². The Morgan fingerprint density at radius 1 is 1.42 bits per heavy atom. The monoisotopic (exact) mass is 330 g/mol. The molecule has 2 aromatic rings. The molecule has 1 saturated heterocycles. The molecule has 126 valence electrons. The Labute approximate surface area is 138 Å². The number of carbonyl (C=O) groups excluding carboxylic acids is 2. The number of phenols is 1. The van der Waals surface area contributed by atoms with Gasteiger partial charge >= 0.3 is 0 Å². The molecule has 24 heavy (non-hydrogen) atoms. The minimum Gasteiger partial charge on any atom is -0.507 e. The summed E-state index contributed by atoms with van der Waals surface area (Å²) in [6.07, 6.45) is 1.66. The summed E-state index contributed by atoms with van der Waals surface area (Å²) in [7, 11) is 0. The summed E-state index contributed by atoms with van der Waals surface area (Å²) in [5, 5.41) is 23.7. The maximum Gasteiger partial charge on any atom is 0.255 e. The highest BCUT2D eigenvalue weighted by atomic mass is 16.3. The van der Waals surface area contributed by atoms with Crippen LogP contribution < -0.4 is 5.32 Å². The zero-order valence-corrected chi connectivity index (χ0v) is 13.4. The molecule has 2 heterocycles. The van der Waals surface area contributed by atoms with Gasteiger partial charge in [-0.3, -0.25) is 9.59 Å². The minimum absolute atomic E-state index is 0.0218. The maximum absolute atomic E-state index is 12.4. The first-order valence-corrected chi connectivity index (χ1v) is 7.62. The Hall–Kier alpha value is -2.97. The Kier molecular flexibility index (Phi) is 4.15. The number of aromatic hydroxyl groups is 1. The average Bonchev–Trinajstić information content (AvgIpc) is 3.16. The molecule has 1 aromatic heterocycles. The molecule has 1 aliphatic rings. The van der Waals surface area contributed by atoms with E-state index in [2.05, 4.69) is 20.8 Å². The molecule has 1 aliphatic heterocycles. The van der Waals surface area contributed by atoms with Crippen LogP contribution in [0.2, 0.25) is 0 Å². The third-order valence-corrected chi connectivity index (χ3v) is 3.96. The standard InChI is InChI=1S/C15H18N6O3/c1-9(2)20-7-10(5-14(20)23)17-15(24)12-4-3-11(6-13(12)22)21-8-16-18-19-21/h3-4,6,8-10,22H,5,7H2,1-2H3,(H,17,24)/t10-/m0/s1. The summed E-state index contributed by atoms with van der Waals surface area (Å²) in [5.74, 6) is -0.571. The Morgan fingerprint density at radius 2 is 2.21 bits per heavy atom. The summed E-state index contributed by atoms with van der Waals surface area (Å²) in [4.78, 5) is 26.0. The second kappa shape index (κ2) is 6.26. The fraction of sp³-hybridized carbons (Fsp3) is 0.400. The maximum atomic E-state index is 12.4. The molecular formula is C15H18N6O3. The molecule has 0 bridgehead atoms. The Balaban J connectivity index is 1.71. The first-order chi connectivity index (χ1) is 11.5. The number of amides is 2. The fourth-order valence-electron chi connectivity index (χ4n) is 2.72. The number of tetrazole rings is 1. The van der Waals surface area contributed by atoms with Gasteiger partial charge in [0.05, 0.1) is 17.3 Å². The van der Waals surface area contributed by atoms with Crippen molar-refractivity contribution in [3.63, 3.8) is 0 Å². The van der Waals surface area contributed by atoms with Gasteiger partial charge in [-0.1, -0.05) is 0 Å². The molecule has 9 nitrogen and oxygen atoms in total. The molecule has 2 N–H and O–H groups in total. The second-order valence-electron chi connectivity index (χ2n) is 5.97. The summed E-state index contributed by atoms with van der Waals surface area (Å²) in [6, 6.07) is 4.38. The molecule has 9 heteroatoms. The summed E-state index contributed by atoms with van der Waals surface area (Å²) >= 11 is 0. The number of nitrogens with zero attached hydrogens (tertiary/aromatic N) is 5. The largest absolute Gasteiger partial charge is 0.507 e. The van der Waals surface area contributed by atoms with Crippen molar-refractivity contribution >= 4 is 11.8 Å². The van der Waals surface area contributed by atoms with Crippen molar-refractivity contribution in [2.45, 2.75) is 32.4 Å². The van der Waals surface area contributed by atoms with E-state index in [1.54, 1.807) is 11.0 Å². The topological polar surface area (TPSA) is 113 Å². The summed E-state index contributed by atoms with van der Waals surface area (Å²) in [5.41, 5.74) is 0.679. The normalized spacial score (nSPS) is 17.5. The number of benzene rings is 1. The van der Waals surface area contributed by atoms with E-state index in [9.17, 15) is 14.7 Å². The SMILES string of the molecule is CC(C)N1C[C@@H](NC(=O)c2ccc(-n3cnnn3)cc2O)CC1=O. The van der Waals surface area contributed by atoms with Crippen LogP contribution in [0.15, 0.2) is 24.5 Å². The van der Waals surface area contributed by atoms with Crippen LogP contribution in [0.5, 0.6) is 5.75 Å². The van der Waals surface area contributed by atoms with Crippen LogP contribution in [0.4, 0.5) is 0 Å². The van der Waals surface area contributed by atoms with Gasteiger partial charge in [0.25, 0.3) is 5.91 Å². The average molecular weight is 330 g/mol. The van der Waals surface area contributed by atoms with Gasteiger partial charge in [-0.25, -0.2) is 4.68 Å². The second-order valence-corrected chi connectivity index (χ2v) is 5.97. The molecule has 0 aliphatic carbocycles. The van der Waals surface area contributed by atoms with Crippen LogP contribution in [0.1, 0.15) is 30.6 Å². The molecule has 1 fully saturated rings. The van der Waals surface area contributed by atoms with E-state index in [1.807, 2.05) is 13.8 Å². The number of carbonyl (C=O) groups is 2. The zero-order chi connectivity index (χ0) is 17.3. The highest BCUT2D eigenvalue weighted by Crippen LogP contribution is 2.22. The molecule has 0 unspecified atom stereocenters. The molecule has 1 atom stereocenters. The van der Waals surface area contributed by atoms with Crippen LogP contribution in [0.25, 0.3) is 5.69 Å². The van der Waals surface area contributed by atoms with Gasteiger partial charge in [-0.2, -0.15) is 0 Å². The summed E-state index contributed by atoms with van der Waals surface area (Å²) < 4.78 is 1.37. The van der Waals surface area contributed by atoms with Gasteiger partial charge in [0, 0.05) is 25.1 Å². The highest BCUT2D eigenvalue weighted by Gasteiger charge is 2.32. The number of rotatable bonds is 4. The molecular weight excluding hydrogens is 312 g/mol. The molecule has 0 saturated carbocycles. The van der Waals surface area contributed by atoms with Gasteiger partial charge in [-0.05, 0) is 36.4 Å². The fourth-order valence-corrected chi connectivity index (χ4v) is 2.72. The van der Waals surface area contributed by atoms with Crippen molar-refractivity contribution in [1.82, 2.24) is 30.4 Å². The first kappa shape index (κ1) is 15.9. The predicted molar refractivity (Wildman–Crippen MR) is 83.5 cm³/mol. The number of likely N-dealkylation sites (tertiary alicyclic amines) is 1. The van der Waals surface area contributed by atoms with Crippen LogP contribution in [-0.2, 0) is 4.79 Å². The molecule has 2 amide bonds. The zero-order valence-electron chi connectivity index (χ0n) is 13.4. The van der Waals surface area contributed by atoms with Crippen LogP contribution >= 0.6 is 0 Å². The lowest BCUT2D eigenvalue weighted by atomic mass is 10.1. The van der Waals surface area contributed by atoms with Crippen molar-refractivity contribution in [2.24, 2.45) is 0 Å². The van der Waals surface area contributed by atoms with Crippen LogP contribution in [0, 0.1) is 0 Å². The number of nitrogens with one attached hydrogen (secondary N) is 1. The predicted octanol–water partition coefficient (Wildman–Crippen LogP) is 0.107. The molecule has 0 radical (unpaired) electrons. The third-order valence-electron chi connectivity index (χ3n) is 3.96. The van der Waals surface area contributed by atoms with Crippen molar-refractivity contribution < 1.29 is 14.7 Å². The van der Waals surface area contributed by atoms with E-state index in [4.69, 9.17) is 0 Å². The number of phenolic OH excluding ortho intramolecular Hbond substituents is 1. The van der Waals surface area contributed by atoms with E-state index in [0.717, 1.165) is 0 Å². The van der Waals surface area contributed by atoms with Gasteiger partial charge in [0.15, 0.2) is 0 Å². The van der Waals surface area contributed by atoms with Crippen molar-refractivity contribution in [3.05, 3.63) is 30.1 Å². The lowest BCUT2D eigenvalue weighted by Gasteiger charge is -2.21. The summed E-state index contributed by atoms with van der Waals surface area (Å²) in [6.45, 7) is 4.35. The van der Waals surface area contributed by atoms with E-state index in [0.29, 0.717) is 12.2 Å². The first-order valence-electron chi connectivity index (χ1n) is 7.62. The van der Waals surface area contributed by atoms with E-state index in [-0.39, 0.29) is 35.7 Å². The minimum atomic E-state index is -0.417. The highest BCUT2D eigenvalue weighted by molar-refractivity contribution is 5.97. The van der Waals surface area contributed by atoms with Crippen molar-refractivity contribution in [2.75, 3.05) is 6.54 Å². The third kappa shape index (κ3) is 3.05. The smallest absolute Gasteiger partial charge is 0.255 e. The van der Waals surface area contributed by atoms with Gasteiger partial charge in [-0.15, -0.1) is 5.10 Å². The van der Waals surface area contributed by atoms with E-state index < -0.39 is 5.91 Å². The van der Waals surface area contributed by atoms with Gasteiger partial charge in [0.2, 0.25) is 5.91 Å². The lowest BCUT2D eigenvalue weighted by Crippen LogP contribution is -2.38. The van der Waals surface area contributed by atoms with E-state index in [1.165, 1.54) is 23.1 Å². The molecule has 1 aromatic carbocycles. The number of aromatic nitrogens is 4. The number of hydrogen-bond donors (Lipinski definition) is 2. The number of hydrogen-bond acceptors (Lipinski definition) is 6. The molecule has 3 rings (SSSR count). The van der Waals surface area contributed by atoms with Crippen molar-refractivity contribution in [3.8, 4) is 11.4 Å². The van der Waals surface area contributed by atoms with Crippen LogP contribution in [0.3, 0.4) is 0 Å². The molecule has 0 spiro atoms. The van der Waals surface area contributed by atoms with Crippen LogP contribution in [-0.4, -0.2) is 60.7 Å². The quantitative estimate of drug-likeness (QED) is 0.822. The lowest BCUT2D eigenvalue weighted by molar-refractivity contribution is -0.129.